The lowest BCUT2D eigenvalue weighted by Crippen LogP contribution is -2.31. The summed E-state index contributed by atoms with van der Waals surface area (Å²) in [6.07, 6.45) is 10.4. The van der Waals surface area contributed by atoms with E-state index in [4.69, 9.17) is 4.74 Å². The van der Waals surface area contributed by atoms with Gasteiger partial charge in [-0.05, 0) is 12.8 Å². The van der Waals surface area contributed by atoms with E-state index in [1.807, 2.05) is 12.4 Å². The Bertz CT molecular complexity index is 446. The Morgan fingerprint density at radius 1 is 1.18 bits per heavy atom. The second-order valence-electron chi connectivity index (χ2n) is 6.64. The molecule has 122 valence electrons. The molecule has 1 saturated carbocycles. The maximum atomic E-state index is 9.35. The zero-order chi connectivity index (χ0) is 15.2. The van der Waals surface area contributed by atoms with Crippen LogP contribution in [0.25, 0.3) is 0 Å². The highest BCUT2D eigenvalue weighted by Crippen LogP contribution is 2.30. The Labute approximate surface area is 132 Å². The number of hydrogen-bond acceptors (Lipinski definition) is 5. The Hall–Kier alpha value is -1.04. The van der Waals surface area contributed by atoms with Gasteiger partial charge in [-0.1, -0.05) is 19.3 Å². The molecule has 2 fully saturated rings. The molecule has 0 spiro atoms. The zero-order valence-electron chi connectivity index (χ0n) is 13.3. The van der Waals surface area contributed by atoms with Gasteiger partial charge in [0.05, 0.1) is 13.2 Å². The average molecular weight is 305 g/mol. The summed E-state index contributed by atoms with van der Waals surface area (Å²) in [5.41, 5.74) is 1.15. The standard InChI is InChI=1S/C17H27N3O2/c21-12-15-11-20(6-7-22-13-15)10-14-8-18-17(19-9-14)16-4-2-1-3-5-16/h8-9,15-16,21H,1-7,10-13H2/t15-/m1/s1. The third-order valence-electron chi connectivity index (χ3n) is 4.78. The van der Waals surface area contributed by atoms with E-state index < -0.39 is 0 Å². The van der Waals surface area contributed by atoms with Crippen molar-refractivity contribution in [2.45, 2.75) is 44.6 Å². The minimum Gasteiger partial charge on any atom is -0.396 e. The molecular formula is C17H27N3O2. The van der Waals surface area contributed by atoms with Crippen molar-refractivity contribution in [3.63, 3.8) is 0 Å². The van der Waals surface area contributed by atoms with Gasteiger partial charge in [-0.15, -0.1) is 0 Å². The Morgan fingerprint density at radius 2 is 1.95 bits per heavy atom. The second kappa shape index (κ2) is 7.99. The van der Waals surface area contributed by atoms with Crippen LogP contribution in [0.1, 0.15) is 49.4 Å². The molecule has 1 N–H and O–H groups in total. The van der Waals surface area contributed by atoms with Crippen LogP contribution < -0.4 is 0 Å². The predicted octanol–water partition coefficient (Wildman–Crippen LogP) is 1.96. The number of aliphatic hydroxyl groups is 1. The lowest BCUT2D eigenvalue weighted by atomic mass is 9.89. The minimum atomic E-state index is 0.188. The van der Waals surface area contributed by atoms with Crippen molar-refractivity contribution < 1.29 is 9.84 Å². The van der Waals surface area contributed by atoms with E-state index in [2.05, 4.69) is 14.9 Å². The summed E-state index contributed by atoms with van der Waals surface area (Å²) in [7, 11) is 0. The molecule has 1 aromatic heterocycles. The van der Waals surface area contributed by atoms with Gasteiger partial charge in [0.2, 0.25) is 0 Å². The van der Waals surface area contributed by atoms with E-state index in [1.54, 1.807) is 0 Å². The summed E-state index contributed by atoms with van der Waals surface area (Å²) >= 11 is 0. The van der Waals surface area contributed by atoms with E-state index in [-0.39, 0.29) is 12.5 Å². The fourth-order valence-corrected chi connectivity index (χ4v) is 3.48. The van der Waals surface area contributed by atoms with Gasteiger partial charge in [0, 0.05) is 56.0 Å². The number of aromatic nitrogens is 2. The average Bonchev–Trinajstić information content (AvgIpc) is 2.81. The van der Waals surface area contributed by atoms with E-state index in [0.29, 0.717) is 12.5 Å². The molecule has 2 heterocycles. The molecule has 0 radical (unpaired) electrons. The van der Waals surface area contributed by atoms with Gasteiger partial charge < -0.3 is 9.84 Å². The SMILES string of the molecule is OC[C@@H]1COCCN(Cc2cnc(C3CCCCC3)nc2)C1. The highest BCUT2D eigenvalue weighted by atomic mass is 16.5. The molecule has 2 aliphatic rings. The lowest BCUT2D eigenvalue weighted by Gasteiger charge is -2.23. The molecule has 1 atom stereocenters. The molecule has 22 heavy (non-hydrogen) atoms. The monoisotopic (exact) mass is 305 g/mol. The van der Waals surface area contributed by atoms with Crippen molar-refractivity contribution in [2.75, 3.05) is 32.9 Å². The Morgan fingerprint density at radius 3 is 2.68 bits per heavy atom. The van der Waals surface area contributed by atoms with Crippen LogP contribution in [0, 0.1) is 5.92 Å². The van der Waals surface area contributed by atoms with Gasteiger partial charge in [-0.3, -0.25) is 4.90 Å². The molecule has 5 heteroatoms. The highest BCUT2D eigenvalue weighted by molar-refractivity contribution is 5.08. The van der Waals surface area contributed by atoms with Crippen LogP contribution in [-0.4, -0.2) is 52.9 Å². The summed E-state index contributed by atoms with van der Waals surface area (Å²) in [5, 5.41) is 9.35. The van der Waals surface area contributed by atoms with Gasteiger partial charge in [0.15, 0.2) is 0 Å². The normalized spacial score (nSPS) is 25.0. The van der Waals surface area contributed by atoms with E-state index in [1.165, 1.54) is 32.1 Å². The molecule has 1 aromatic rings. The van der Waals surface area contributed by atoms with Crippen molar-refractivity contribution in [3.8, 4) is 0 Å². The van der Waals surface area contributed by atoms with Gasteiger partial charge >= 0.3 is 0 Å². The van der Waals surface area contributed by atoms with E-state index in [0.717, 1.165) is 37.6 Å². The summed E-state index contributed by atoms with van der Waals surface area (Å²) < 4.78 is 5.53. The molecule has 5 nitrogen and oxygen atoms in total. The third-order valence-corrected chi connectivity index (χ3v) is 4.78. The highest BCUT2D eigenvalue weighted by Gasteiger charge is 2.20. The third kappa shape index (κ3) is 4.24. The van der Waals surface area contributed by atoms with Crippen LogP contribution in [0.3, 0.4) is 0 Å². The first-order chi connectivity index (χ1) is 10.8. The van der Waals surface area contributed by atoms with Crippen LogP contribution in [0.2, 0.25) is 0 Å². The fraction of sp³-hybridized carbons (Fsp3) is 0.765. The quantitative estimate of drug-likeness (QED) is 0.921. The van der Waals surface area contributed by atoms with Gasteiger partial charge in [0.25, 0.3) is 0 Å². The number of aliphatic hydroxyl groups excluding tert-OH is 1. The van der Waals surface area contributed by atoms with Gasteiger partial charge in [0.1, 0.15) is 5.82 Å². The first-order valence-corrected chi connectivity index (χ1v) is 8.57. The number of nitrogens with zero attached hydrogens (tertiary/aromatic N) is 3. The van der Waals surface area contributed by atoms with Crippen LogP contribution in [0.4, 0.5) is 0 Å². The van der Waals surface area contributed by atoms with Crippen molar-refractivity contribution in [3.05, 3.63) is 23.8 Å². The largest absolute Gasteiger partial charge is 0.396 e. The fourth-order valence-electron chi connectivity index (χ4n) is 3.48. The Balaban J connectivity index is 1.57. The van der Waals surface area contributed by atoms with Gasteiger partial charge in [-0.2, -0.15) is 0 Å². The maximum absolute atomic E-state index is 9.35. The van der Waals surface area contributed by atoms with Crippen molar-refractivity contribution >= 4 is 0 Å². The zero-order valence-corrected chi connectivity index (χ0v) is 13.3. The molecule has 1 aliphatic carbocycles. The number of hydrogen-bond donors (Lipinski definition) is 1. The van der Waals surface area contributed by atoms with E-state index in [9.17, 15) is 5.11 Å². The van der Waals surface area contributed by atoms with Crippen LogP contribution in [0.15, 0.2) is 12.4 Å². The molecule has 1 saturated heterocycles. The van der Waals surface area contributed by atoms with Crippen molar-refractivity contribution in [1.82, 2.24) is 14.9 Å². The predicted molar refractivity (Wildman–Crippen MR) is 84.5 cm³/mol. The topological polar surface area (TPSA) is 58.5 Å². The summed E-state index contributed by atoms with van der Waals surface area (Å²) in [6.45, 7) is 4.20. The first kappa shape index (κ1) is 15.8. The van der Waals surface area contributed by atoms with E-state index >= 15 is 0 Å². The maximum Gasteiger partial charge on any atom is 0.131 e. The lowest BCUT2D eigenvalue weighted by molar-refractivity contribution is 0.0958. The first-order valence-electron chi connectivity index (χ1n) is 8.57. The van der Waals surface area contributed by atoms with Crippen molar-refractivity contribution in [2.24, 2.45) is 5.92 Å². The second-order valence-corrected chi connectivity index (χ2v) is 6.64. The molecule has 0 amide bonds. The van der Waals surface area contributed by atoms with Crippen LogP contribution in [0.5, 0.6) is 0 Å². The molecular weight excluding hydrogens is 278 g/mol. The molecule has 0 bridgehead atoms. The summed E-state index contributed by atoms with van der Waals surface area (Å²) in [6, 6.07) is 0. The Kier molecular flexibility index (Phi) is 5.76. The molecule has 0 unspecified atom stereocenters. The number of ether oxygens (including phenoxy) is 1. The smallest absolute Gasteiger partial charge is 0.131 e. The number of rotatable bonds is 4. The van der Waals surface area contributed by atoms with Crippen LogP contribution >= 0.6 is 0 Å². The van der Waals surface area contributed by atoms with Crippen LogP contribution in [-0.2, 0) is 11.3 Å². The van der Waals surface area contributed by atoms with Crippen molar-refractivity contribution in [1.29, 1.82) is 0 Å². The molecule has 1 aliphatic heterocycles. The molecule has 0 aromatic carbocycles. The van der Waals surface area contributed by atoms with Gasteiger partial charge in [-0.25, -0.2) is 9.97 Å². The summed E-state index contributed by atoms with van der Waals surface area (Å²) in [4.78, 5) is 11.6. The molecule has 3 rings (SSSR count). The minimum absolute atomic E-state index is 0.188. The summed E-state index contributed by atoms with van der Waals surface area (Å²) in [5.74, 6) is 1.80.